The molecule has 1 unspecified atom stereocenters. The monoisotopic (exact) mass is 235 g/mol. The quantitative estimate of drug-likeness (QED) is 0.569. The van der Waals surface area contributed by atoms with Crippen LogP contribution in [0, 0.1) is 0 Å². The molecule has 0 spiro atoms. The Bertz CT molecular complexity index is 219. The van der Waals surface area contributed by atoms with Crippen molar-refractivity contribution in [3.8, 4) is 0 Å². The van der Waals surface area contributed by atoms with E-state index < -0.39 is 24.0 Å². The van der Waals surface area contributed by atoms with E-state index in [-0.39, 0.29) is 19.0 Å². The highest BCUT2D eigenvalue weighted by molar-refractivity contribution is 6.05. The lowest BCUT2D eigenvalue weighted by atomic mass is 10.2. The number of esters is 1. The fraction of sp³-hybridized carbons (Fsp3) is 0.667. The molecule has 1 atom stereocenters. The zero-order valence-corrected chi connectivity index (χ0v) is 7.95. The molecule has 84 valence electrons. The number of rotatable bonds is 3. The van der Waals surface area contributed by atoms with Gasteiger partial charge in [0.05, 0.1) is 6.61 Å². The van der Waals surface area contributed by atoms with Gasteiger partial charge in [0, 0.05) is 0 Å². The van der Waals surface area contributed by atoms with Crippen molar-refractivity contribution in [3.63, 3.8) is 0 Å². The van der Waals surface area contributed by atoms with E-state index in [0.29, 0.717) is 0 Å². The van der Waals surface area contributed by atoms with Crippen LogP contribution in [-0.2, 0) is 14.3 Å². The number of carbonyl (C=O) groups excluding carboxylic acids is 2. The Morgan fingerprint density at radius 2 is 1.86 bits per heavy atom. The Morgan fingerprint density at radius 3 is 2.14 bits per heavy atom. The molecule has 0 aromatic carbocycles. The molecule has 0 aliphatic carbocycles. The van der Waals surface area contributed by atoms with Gasteiger partial charge in [-0.2, -0.15) is 13.2 Å². The van der Waals surface area contributed by atoms with Crippen LogP contribution in [0.15, 0.2) is 0 Å². The lowest BCUT2D eigenvalue weighted by Gasteiger charge is -2.10. The predicted molar refractivity (Wildman–Crippen MR) is 42.9 cm³/mol. The lowest BCUT2D eigenvalue weighted by Crippen LogP contribution is -2.46. The summed E-state index contributed by atoms with van der Waals surface area (Å²) in [6, 6.07) is -2.28. The van der Waals surface area contributed by atoms with Gasteiger partial charge in [-0.15, -0.1) is 12.4 Å². The maximum Gasteiger partial charge on any atom is 0.452 e. The van der Waals surface area contributed by atoms with E-state index in [2.05, 4.69) is 10.5 Å². The van der Waals surface area contributed by atoms with Crippen molar-refractivity contribution >= 4 is 24.2 Å². The third-order valence-corrected chi connectivity index (χ3v) is 1.10. The molecular weight excluding hydrogens is 227 g/mol. The van der Waals surface area contributed by atoms with Crippen LogP contribution in [0.25, 0.3) is 0 Å². The van der Waals surface area contributed by atoms with Crippen LogP contribution in [0.2, 0.25) is 0 Å². The molecule has 0 radical (unpaired) electrons. The van der Waals surface area contributed by atoms with Gasteiger partial charge in [-0.25, -0.2) is 4.79 Å². The van der Waals surface area contributed by atoms with Crippen LogP contribution in [-0.4, -0.2) is 30.6 Å². The maximum atomic E-state index is 11.7. The first-order valence-corrected chi connectivity index (χ1v) is 3.34. The highest BCUT2D eigenvalue weighted by Crippen LogP contribution is 2.17. The van der Waals surface area contributed by atoms with E-state index in [9.17, 15) is 22.8 Å². The van der Waals surface area contributed by atoms with Gasteiger partial charge < -0.3 is 10.5 Å². The molecular formula is C6H9ClF3NO3. The zero-order chi connectivity index (χ0) is 10.6. The molecule has 0 heterocycles. The molecule has 0 fully saturated rings. The van der Waals surface area contributed by atoms with Gasteiger partial charge in [0.15, 0.2) is 6.04 Å². The lowest BCUT2D eigenvalue weighted by molar-refractivity contribution is -0.176. The van der Waals surface area contributed by atoms with Gasteiger partial charge in [0.25, 0.3) is 5.78 Å². The second kappa shape index (κ2) is 5.82. The number of hydrogen-bond donors (Lipinski definition) is 1. The Kier molecular flexibility index (Phi) is 6.50. The molecule has 0 aliphatic rings. The Morgan fingerprint density at radius 1 is 1.43 bits per heavy atom. The minimum atomic E-state index is -5.10. The number of alkyl halides is 3. The van der Waals surface area contributed by atoms with Gasteiger partial charge in [0.2, 0.25) is 0 Å². The number of Topliss-reactive ketones (excluding diaryl/α,β-unsaturated/α-hetero) is 1. The summed E-state index contributed by atoms with van der Waals surface area (Å²) in [6.07, 6.45) is -5.10. The Balaban J connectivity index is 0. The van der Waals surface area contributed by atoms with Crippen LogP contribution in [0.4, 0.5) is 13.2 Å². The molecule has 0 saturated heterocycles. The van der Waals surface area contributed by atoms with Gasteiger partial charge in [0.1, 0.15) is 0 Å². The van der Waals surface area contributed by atoms with Gasteiger partial charge in [-0.3, -0.25) is 4.79 Å². The molecule has 8 heteroatoms. The standard InChI is InChI=1S/C6H8F3NO3.ClH/c1-2-13-5(12)3(10)4(11)6(7,8)9;/h3H,2,10H2,1H3;1H. The van der Waals surface area contributed by atoms with E-state index in [0.717, 1.165) is 0 Å². The molecule has 14 heavy (non-hydrogen) atoms. The number of hydrogen-bond acceptors (Lipinski definition) is 4. The molecule has 0 aromatic rings. The molecule has 0 saturated carbocycles. The van der Waals surface area contributed by atoms with Gasteiger partial charge >= 0.3 is 12.1 Å². The topological polar surface area (TPSA) is 69.4 Å². The van der Waals surface area contributed by atoms with Gasteiger partial charge in [-0.1, -0.05) is 0 Å². The van der Waals surface area contributed by atoms with E-state index in [4.69, 9.17) is 0 Å². The largest absolute Gasteiger partial charge is 0.464 e. The summed E-state index contributed by atoms with van der Waals surface area (Å²) in [7, 11) is 0. The van der Waals surface area contributed by atoms with E-state index in [1.165, 1.54) is 6.92 Å². The van der Waals surface area contributed by atoms with E-state index in [1.807, 2.05) is 0 Å². The third-order valence-electron chi connectivity index (χ3n) is 1.10. The fourth-order valence-corrected chi connectivity index (χ4v) is 0.515. The molecule has 0 bridgehead atoms. The van der Waals surface area contributed by atoms with Crippen molar-refractivity contribution in [2.45, 2.75) is 19.1 Å². The number of carbonyl (C=O) groups is 2. The van der Waals surface area contributed by atoms with Crippen molar-refractivity contribution in [1.29, 1.82) is 0 Å². The minimum absolute atomic E-state index is 0. The van der Waals surface area contributed by atoms with Crippen molar-refractivity contribution in [1.82, 2.24) is 0 Å². The SMILES string of the molecule is CCOC(=O)C(N)C(=O)C(F)(F)F.Cl. The van der Waals surface area contributed by atoms with Crippen LogP contribution in [0.3, 0.4) is 0 Å². The van der Waals surface area contributed by atoms with Crippen molar-refractivity contribution in [2.24, 2.45) is 5.73 Å². The van der Waals surface area contributed by atoms with Gasteiger partial charge in [-0.05, 0) is 6.92 Å². The normalized spacial score (nSPS) is 12.6. The molecule has 0 aliphatic heterocycles. The summed E-state index contributed by atoms with van der Waals surface area (Å²) in [4.78, 5) is 20.9. The van der Waals surface area contributed by atoms with E-state index in [1.54, 1.807) is 0 Å². The predicted octanol–water partition coefficient (Wildman–Crippen LogP) is 0.430. The molecule has 0 rings (SSSR count). The zero-order valence-electron chi connectivity index (χ0n) is 7.13. The molecule has 0 aromatic heterocycles. The van der Waals surface area contributed by atoms with Crippen LogP contribution in [0.5, 0.6) is 0 Å². The summed E-state index contributed by atoms with van der Waals surface area (Å²) in [5.41, 5.74) is 4.69. The number of nitrogens with two attached hydrogens (primary N) is 1. The first kappa shape index (κ1) is 15.6. The average Bonchev–Trinajstić information content (AvgIpc) is 2.00. The minimum Gasteiger partial charge on any atom is -0.464 e. The summed E-state index contributed by atoms with van der Waals surface area (Å²) in [5.74, 6) is -3.67. The first-order valence-electron chi connectivity index (χ1n) is 3.34. The summed E-state index contributed by atoms with van der Waals surface area (Å²) in [6.45, 7) is 1.26. The molecule has 2 N–H and O–H groups in total. The summed E-state index contributed by atoms with van der Waals surface area (Å²) < 4.78 is 39.1. The Labute approximate surface area is 84.0 Å². The van der Waals surface area contributed by atoms with Crippen LogP contribution < -0.4 is 5.73 Å². The summed E-state index contributed by atoms with van der Waals surface area (Å²) >= 11 is 0. The number of halogens is 4. The number of ether oxygens (including phenoxy) is 1. The highest BCUT2D eigenvalue weighted by Gasteiger charge is 2.45. The van der Waals surface area contributed by atoms with Crippen molar-refractivity contribution in [2.75, 3.05) is 6.61 Å². The van der Waals surface area contributed by atoms with Crippen LogP contribution in [0.1, 0.15) is 6.92 Å². The smallest absolute Gasteiger partial charge is 0.452 e. The molecule has 0 amide bonds. The molecule has 4 nitrogen and oxygen atoms in total. The maximum absolute atomic E-state index is 11.7. The Hall–Kier alpha value is -0.820. The van der Waals surface area contributed by atoms with E-state index >= 15 is 0 Å². The third kappa shape index (κ3) is 4.43. The fourth-order valence-electron chi connectivity index (χ4n) is 0.515. The van der Waals surface area contributed by atoms with Crippen LogP contribution >= 0.6 is 12.4 Å². The first-order chi connectivity index (χ1) is 5.80. The second-order valence-corrected chi connectivity index (χ2v) is 2.09. The number of ketones is 1. The van der Waals surface area contributed by atoms with Crippen molar-refractivity contribution in [3.05, 3.63) is 0 Å². The average molecular weight is 236 g/mol. The highest BCUT2D eigenvalue weighted by atomic mass is 35.5. The van der Waals surface area contributed by atoms with Crippen molar-refractivity contribution < 1.29 is 27.5 Å². The second-order valence-electron chi connectivity index (χ2n) is 2.09. The summed E-state index contributed by atoms with van der Waals surface area (Å²) in [5, 5.41) is 0.